The Labute approximate surface area is 318 Å². The Morgan fingerprint density at radius 1 is 0.736 bits per heavy atom. The maximum absolute atomic E-state index is 11.9. The summed E-state index contributed by atoms with van der Waals surface area (Å²) >= 11 is 1.61. The molecule has 3 aromatic carbocycles. The molecule has 0 fully saturated rings. The number of aromatic nitrogens is 1. The van der Waals surface area contributed by atoms with Crippen LogP contribution in [0.4, 0.5) is 0 Å². The van der Waals surface area contributed by atoms with E-state index >= 15 is 0 Å². The van der Waals surface area contributed by atoms with E-state index in [2.05, 4.69) is 31.8 Å². The molecule has 0 spiro atoms. The second kappa shape index (κ2) is 21.2. The van der Waals surface area contributed by atoms with Gasteiger partial charge in [0.05, 0.1) is 43.5 Å². The van der Waals surface area contributed by atoms with Crippen LogP contribution in [0, 0.1) is 0 Å². The molecule has 4 aromatic rings. The molecule has 0 bridgehead atoms. The molecule has 0 saturated carbocycles. The first-order valence-electron chi connectivity index (χ1n) is 17.5. The van der Waals surface area contributed by atoms with Crippen molar-refractivity contribution in [3.63, 3.8) is 0 Å². The van der Waals surface area contributed by atoms with Gasteiger partial charge in [-0.05, 0) is 70.7 Å². The topological polar surface area (TPSA) is 135 Å². The third-order valence-electron chi connectivity index (χ3n) is 7.79. The Kier molecular flexibility index (Phi) is 17.4. The highest BCUT2D eigenvalue weighted by Gasteiger charge is 2.23. The summed E-state index contributed by atoms with van der Waals surface area (Å²) in [5.74, 6) is 1.17. The van der Waals surface area contributed by atoms with Gasteiger partial charge in [0.1, 0.15) is 16.5 Å². The SMILES string of the molecule is CCOC(=O)c1ccc(-c2ncc(-c3ccc(OCOCCOC)c(C(C)(C)C)c3)s2)cc1.COCCOCOc1ccc(B(O)O)cc1C(C)(C)C. The van der Waals surface area contributed by atoms with Crippen molar-refractivity contribution in [3.05, 3.63) is 83.6 Å². The van der Waals surface area contributed by atoms with E-state index in [1.165, 1.54) is 0 Å². The maximum atomic E-state index is 11.9. The van der Waals surface area contributed by atoms with Gasteiger partial charge in [-0.1, -0.05) is 65.8 Å². The Morgan fingerprint density at radius 2 is 1.26 bits per heavy atom. The predicted octanol–water partition coefficient (Wildman–Crippen LogP) is 6.61. The van der Waals surface area contributed by atoms with Gasteiger partial charge >= 0.3 is 13.1 Å². The summed E-state index contributed by atoms with van der Waals surface area (Å²) in [6.07, 6.45) is 1.88. The van der Waals surface area contributed by atoms with Gasteiger partial charge in [-0.15, -0.1) is 11.3 Å². The highest BCUT2D eigenvalue weighted by Crippen LogP contribution is 2.38. The van der Waals surface area contributed by atoms with Crippen LogP contribution in [0.5, 0.6) is 11.5 Å². The number of ether oxygens (including phenoxy) is 7. The number of methoxy groups -OCH3 is 2. The van der Waals surface area contributed by atoms with Gasteiger partial charge in [-0.3, -0.25) is 0 Å². The van der Waals surface area contributed by atoms with Gasteiger partial charge in [-0.2, -0.15) is 0 Å². The molecule has 11 nitrogen and oxygen atoms in total. The second-order valence-corrected chi connectivity index (χ2v) is 15.0. The Bertz CT molecular complexity index is 1700. The average Bonchev–Trinajstić information content (AvgIpc) is 3.62. The zero-order chi connectivity index (χ0) is 39.0. The predicted molar refractivity (Wildman–Crippen MR) is 209 cm³/mol. The summed E-state index contributed by atoms with van der Waals surface area (Å²) in [4.78, 5) is 17.5. The molecule has 1 heterocycles. The highest BCUT2D eigenvalue weighted by atomic mass is 32.1. The molecule has 13 heteroatoms. The van der Waals surface area contributed by atoms with Gasteiger partial charge in [-0.25, -0.2) is 9.78 Å². The number of carbonyl (C=O) groups excluding carboxylic acids is 1. The summed E-state index contributed by atoms with van der Waals surface area (Å²) in [6, 6.07) is 18.6. The lowest BCUT2D eigenvalue weighted by molar-refractivity contribution is -0.00928. The van der Waals surface area contributed by atoms with Crippen molar-refractivity contribution < 1.29 is 48.0 Å². The molecule has 1 aromatic heterocycles. The van der Waals surface area contributed by atoms with Gasteiger partial charge in [0.15, 0.2) is 13.6 Å². The fraction of sp³-hybridized carbons (Fsp3) is 0.450. The summed E-state index contributed by atoms with van der Waals surface area (Å²) < 4.78 is 37.2. The van der Waals surface area contributed by atoms with Crippen LogP contribution in [0.25, 0.3) is 21.0 Å². The summed E-state index contributed by atoms with van der Waals surface area (Å²) in [5.41, 5.74) is 4.75. The van der Waals surface area contributed by atoms with E-state index in [4.69, 9.17) is 33.2 Å². The van der Waals surface area contributed by atoms with E-state index < -0.39 is 7.12 Å². The minimum Gasteiger partial charge on any atom is -0.467 e. The number of rotatable bonds is 17. The third kappa shape index (κ3) is 13.8. The molecule has 53 heavy (non-hydrogen) atoms. The van der Waals surface area contributed by atoms with Gasteiger partial charge in [0, 0.05) is 31.5 Å². The van der Waals surface area contributed by atoms with Crippen molar-refractivity contribution in [2.24, 2.45) is 0 Å². The van der Waals surface area contributed by atoms with Crippen molar-refractivity contribution in [3.8, 4) is 32.5 Å². The maximum Gasteiger partial charge on any atom is 0.488 e. The quantitative estimate of drug-likeness (QED) is 0.0522. The summed E-state index contributed by atoms with van der Waals surface area (Å²) in [5, 5.41) is 19.4. The number of hydrogen-bond donors (Lipinski definition) is 2. The first-order valence-corrected chi connectivity index (χ1v) is 18.3. The van der Waals surface area contributed by atoms with Crippen LogP contribution in [0.3, 0.4) is 0 Å². The Balaban J connectivity index is 0.000000324. The van der Waals surface area contributed by atoms with Crippen molar-refractivity contribution in [2.45, 2.75) is 59.3 Å². The van der Waals surface area contributed by atoms with E-state index in [-0.39, 0.29) is 30.4 Å². The van der Waals surface area contributed by atoms with E-state index in [0.717, 1.165) is 37.9 Å². The first-order chi connectivity index (χ1) is 25.2. The molecule has 4 rings (SSSR count). The van der Waals surface area contributed by atoms with Gasteiger partial charge in [0.2, 0.25) is 0 Å². The number of hydrogen-bond acceptors (Lipinski definition) is 12. The minimum absolute atomic E-state index is 0.103. The molecule has 0 atom stereocenters. The second-order valence-electron chi connectivity index (χ2n) is 14.0. The molecule has 0 saturated heterocycles. The van der Waals surface area contributed by atoms with Gasteiger partial charge in [0.25, 0.3) is 0 Å². The van der Waals surface area contributed by atoms with Crippen molar-refractivity contribution in [1.29, 1.82) is 0 Å². The zero-order valence-corrected chi connectivity index (χ0v) is 33.2. The van der Waals surface area contributed by atoms with Crippen LogP contribution < -0.4 is 14.9 Å². The number of thiazole rings is 1. The fourth-order valence-corrected chi connectivity index (χ4v) is 5.85. The van der Waals surface area contributed by atoms with Crippen molar-refractivity contribution in [2.75, 3.05) is 60.8 Å². The van der Waals surface area contributed by atoms with Crippen LogP contribution in [-0.4, -0.2) is 89.0 Å². The van der Waals surface area contributed by atoms with Gasteiger partial charge < -0.3 is 43.2 Å². The smallest absolute Gasteiger partial charge is 0.467 e. The largest absolute Gasteiger partial charge is 0.488 e. The van der Waals surface area contributed by atoms with E-state index in [1.54, 1.807) is 62.8 Å². The lowest BCUT2D eigenvalue weighted by Crippen LogP contribution is -2.31. The molecule has 0 aliphatic rings. The fourth-order valence-electron chi connectivity index (χ4n) is 4.93. The minimum atomic E-state index is -1.48. The monoisotopic (exact) mass is 751 g/mol. The molecule has 2 N–H and O–H groups in total. The molecule has 0 amide bonds. The van der Waals surface area contributed by atoms with Crippen LogP contribution in [0.1, 0.15) is 70.0 Å². The third-order valence-corrected chi connectivity index (χ3v) is 8.89. The zero-order valence-electron chi connectivity index (χ0n) is 32.4. The summed E-state index contributed by atoms with van der Waals surface area (Å²) in [6.45, 7) is 17.1. The van der Waals surface area contributed by atoms with Crippen molar-refractivity contribution in [1.82, 2.24) is 4.98 Å². The van der Waals surface area contributed by atoms with Crippen LogP contribution in [-0.2, 0) is 34.5 Å². The number of nitrogens with zero attached hydrogens (tertiary/aromatic N) is 1. The molecule has 0 aliphatic carbocycles. The molecule has 0 radical (unpaired) electrons. The number of benzene rings is 3. The number of esters is 1. The standard InChI is InChI=1S/C26H31NO5S.C14H23BO5/c1-6-31-25(28)19-9-7-18(8-10-19)24-27-16-23(33-24)20-11-12-22(21(15-20)26(2,3)4)32-17-30-14-13-29-5;1-14(2,3)12-9-11(15(16)17)5-6-13(12)20-10-19-8-7-18-4/h7-12,15-16H,6,13-14,17H2,1-5H3;5-6,9,16-17H,7-8,10H2,1-4H3. The highest BCUT2D eigenvalue weighted by molar-refractivity contribution is 7.18. The van der Waals surface area contributed by atoms with Crippen LogP contribution in [0.2, 0.25) is 0 Å². The normalized spacial score (nSPS) is 11.5. The van der Waals surface area contributed by atoms with Crippen molar-refractivity contribution >= 4 is 29.9 Å². The molecule has 0 aliphatic heterocycles. The lowest BCUT2D eigenvalue weighted by Gasteiger charge is -2.23. The Hall–Kier alpha value is -3.82. The van der Waals surface area contributed by atoms with E-state index in [1.807, 2.05) is 51.2 Å². The molecule has 288 valence electrons. The number of carbonyl (C=O) groups is 1. The first kappa shape index (κ1) is 43.6. The van der Waals surface area contributed by atoms with Crippen LogP contribution >= 0.6 is 11.3 Å². The molecule has 0 unspecified atom stereocenters. The lowest BCUT2D eigenvalue weighted by atomic mass is 9.76. The van der Waals surface area contributed by atoms with E-state index in [9.17, 15) is 14.8 Å². The Morgan fingerprint density at radius 3 is 1.77 bits per heavy atom. The average molecular weight is 752 g/mol. The molecular formula is C40H54BNO10S. The van der Waals surface area contributed by atoms with Crippen LogP contribution in [0.15, 0.2) is 66.9 Å². The summed E-state index contributed by atoms with van der Waals surface area (Å²) in [7, 11) is 1.77. The molecular weight excluding hydrogens is 697 g/mol. The van der Waals surface area contributed by atoms with E-state index in [0.29, 0.717) is 49.8 Å².